The highest BCUT2D eigenvalue weighted by molar-refractivity contribution is 6.25. The van der Waals surface area contributed by atoms with Crippen molar-refractivity contribution >= 4 is 17.1 Å². The molecule has 0 amide bonds. The molecular formula is C19H33N3O3. The molecular weight excluding hydrogens is 318 g/mol. The van der Waals surface area contributed by atoms with Gasteiger partial charge in [-0.15, -0.1) is 0 Å². The van der Waals surface area contributed by atoms with Crippen LogP contribution in [0.25, 0.3) is 0 Å². The molecule has 25 heavy (non-hydrogen) atoms. The Morgan fingerprint density at radius 1 is 1.08 bits per heavy atom. The van der Waals surface area contributed by atoms with E-state index in [1.165, 1.54) is 0 Å². The lowest BCUT2D eigenvalue weighted by Crippen LogP contribution is -2.42. The first-order valence-corrected chi connectivity index (χ1v) is 9.16. The van der Waals surface area contributed by atoms with Crippen LogP contribution >= 0.6 is 0 Å². The maximum absolute atomic E-state index is 5.39. The summed E-state index contributed by atoms with van der Waals surface area (Å²) in [6.07, 6.45) is 5.10. The Labute approximate surface area is 152 Å². The van der Waals surface area contributed by atoms with Gasteiger partial charge in [-0.3, -0.25) is 0 Å². The lowest BCUT2D eigenvalue weighted by molar-refractivity contribution is 0.150. The summed E-state index contributed by atoms with van der Waals surface area (Å²) in [5, 5.41) is 13.1. The molecule has 1 unspecified atom stereocenters. The molecule has 142 valence electrons. The summed E-state index contributed by atoms with van der Waals surface area (Å²) in [5.41, 5.74) is 2.83. The molecule has 0 saturated heterocycles. The molecule has 1 saturated carbocycles. The van der Waals surface area contributed by atoms with Crippen molar-refractivity contribution in [3.8, 4) is 0 Å². The van der Waals surface area contributed by atoms with E-state index in [2.05, 4.69) is 42.8 Å². The quantitative estimate of drug-likeness (QED) is 0.251. The first-order valence-electron chi connectivity index (χ1n) is 9.16. The number of hydrogen-bond acceptors (Lipinski definition) is 6. The summed E-state index contributed by atoms with van der Waals surface area (Å²) in [7, 11) is 0. The molecule has 0 aliphatic heterocycles. The summed E-state index contributed by atoms with van der Waals surface area (Å²) in [4.78, 5) is 16.2. The highest BCUT2D eigenvalue weighted by atomic mass is 16.6. The highest BCUT2D eigenvalue weighted by Gasteiger charge is 2.40. The van der Waals surface area contributed by atoms with Crippen LogP contribution in [0.3, 0.4) is 0 Å². The van der Waals surface area contributed by atoms with E-state index >= 15 is 0 Å². The van der Waals surface area contributed by atoms with Crippen LogP contribution in [0, 0.1) is 11.3 Å². The predicted octanol–water partition coefficient (Wildman–Crippen LogP) is 4.57. The first kappa shape index (κ1) is 21.2. The third kappa shape index (κ3) is 6.88. The Morgan fingerprint density at radius 2 is 1.64 bits per heavy atom. The van der Waals surface area contributed by atoms with Crippen molar-refractivity contribution in [3.63, 3.8) is 0 Å². The van der Waals surface area contributed by atoms with E-state index in [-0.39, 0.29) is 11.3 Å². The van der Waals surface area contributed by atoms with Crippen molar-refractivity contribution in [1.29, 1.82) is 0 Å². The van der Waals surface area contributed by atoms with E-state index in [0.717, 1.165) is 42.8 Å². The fraction of sp³-hybridized carbons (Fsp3) is 0.737. The maximum atomic E-state index is 5.39. The lowest BCUT2D eigenvalue weighted by Gasteiger charge is -2.36. The molecule has 0 radical (unpaired) electrons. The van der Waals surface area contributed by atoms with Crippen molar-refractivity contribution < 1.29 is 14.5 Å². The Bertz CT molecular complexity index is 482. The van der Waals surface area contributed by atoms with Crippen LogP contribution in [0.2, 0.25) is 0 Å². The van der Waals surface area contributed by atoms with Crippen molar-refractivity contribution in [2.24, 2.45) is 26.8 Å². The Kier molecular flexibility index (Phi) is 9.24. The molecule has 1 aliphatic rings. The molecule has 0 aromatic rings. The van der Waals surface area contributed by atoms with E-state index in [1.54, 1.807) is 6.08 Å². The average Bonchev–Trinajstić information content (AvgIpc) is 2.56. The highest BCUT2D eigenvalue weighted by Crippen LogP contribution is 2.36. The van der Waals surface area contributed by atoms with Gasteiger partial charge in [-0.2, -0.15) is 0 Å². The minimum atomic E-state index is -0.129. The van der Waals surface area contributed by atoms with Gasteiger partial charge in [-0.25, -0.2) is 0 Å². The van der Waals surface area contributed by atoms with Crippen molar-refractivity contribution in [2.75, 3.05) is 19.8 Å². The second-order valence-corrected chi connectivity index (χ2v) is 6.87. The largest absolute Gasteiger partial charge is 0.396 e. The second kappa shape index (κ2) is 10.9. The van der Waals surface area contributed by atoms with Gasteiger partial charge in [0, 0.05) is 0 Å². The number of nitrogens with zero attached hydrogens (tertiary/aromatic N) is 3. The Balaban J connectivity index is 3.29. The number of rotatable bonds is 10. The van der Waals surface area contributed by atoms with E-state index in [0.29, 0.717) is 19.8 Å². The second-order valence-electron chi connectivity index (χ2n) is 6.87. The zero-order valence-electron chi connectivity index (χ0n) is 16.4. The minimum absolute atomic E-state index is 0.0433. The van der Waals surface area contributed by atoms with Crippen molar-refractivity contribution in [1.82, 2.24) is 0 Å². The van der Waals surface area contributed by atoms with Gasteiger partial charge in [0.05, 0.1) is 23.1 Å². The molecule has 0 heterocycles. The predicted molar refractivity (Wildman–Crippen MR) is 103 cm³/mol. The van der Waals surface area contributed by atoms with Crippen LogP contribution in [0.4, 0.5) is 0 Å². The summed E-state index contributed by atoms with van der Waals surface area (Å²) in [5.74, 6) is -0.129. The SMILES string of the molecule is C=CCO/N=C(/CCC)C1/C(=N\OCC)CC(C)(C)C/C1=N\OCC. The summed E-state index contributed by atoms with van der Waals surface area (Å²) in [6, 6.07) is 0. The molecule has 0 spiro atoms. The van der Waals surface area contributed by atoms with Crippen molar-refractivity contribution in [2.45, 2.75) is 60.3 Å². The van der Waals surface area contributed by atoms with Gasteiger partial charge < -0.3 is 14.5 Å². The van der Waals surface area contributed by atoms with Crippen LogP contribution in [0.1, 0.15) is 60.3 Å². The molecule has 1 atom stereocenters. The molecule has 1 aliphatic carbocycles. The number of oxime groups is 3. The zero-order chi connectivity index (χ0) is 18.7. The van der Waals surface area contributed by atoms with Gasteiger partial charge in [0.2, 0.25) is 0 Å². The summed E-state index contributed by atoms with van der Waals surface area (Å²) < 4.78 is 0. The Morgan fingerprint density at radius 3 is 2.08 bits per heavy atom. The van der Waals surface area contributed by atoms with Crippen LogP contribution < -0.4 is 0 Å². The molecule has 0 aromatic heterocycles. The van der Waals surface area contributed by atoms with E-state index in [1.807, 2.05) is 13.8 Å². The van der Waals surface area contributed by atoms with Crippen LogP contribution in [-0.4, -0.2) is 37.0 Å². The van der Waals surface area contributed by atoms with E-state index in [4.69, 9.17) is 14.5 Å². The van der Waals surface area contributed by atoms with Crippen LogP contribution in [0.15, 0.2) is 28.1 Å². The van der Waals surface area contributed by atoms with E-state index in [9.17, 15) is 0 Å². The zero-order valence-corrected chi connectivity index (χ0v) is 16.4. The van der Waals surface area contributed by atoms with Crippen molar-refractivity contribution in [3.05, 3.63) is 12.7 Å². The van der Waals surface area contributed by atoms with E-state index < -0.39 is 0 Å². The number of hydrogen-bond donors (Lipinski definition) is 0. The molecule has 6 heteroatoms. The van der Waals surface area contributed by atoms with Gasteiger partial charge in [-0.1, -0.05) is 55.3 Å². The Hall–Kier alpha value is -1.85. The fourth-order valence-corrected chi connectivity index (χ4v) is 2.96. The smallest absolute Gasteiger partial charge is 0.135 e. The van der Waals surface area contributed by atoms with Gasteiger partial charge in [0.25, 0.3) is 0 Å². The van der Waals surface area contributed by atoms with Gasteiger partial charge >= 0.3 is 0 Å². The maximum Gasteiger partial charge on any atom is 0.135 e. The molecule has 0 aromatic carbocycles. The molecule has 6 nitrogen and oxygen atoms in total. The average molecular weight is 351 g/mol. The first-order chi connectivity index (χ1) is 12.0. The fourth-order valence-electron chi connectivity index (χ4n) is 2.96. The van der Waals surface area contributed by atoms with Gasteiger partial charge in [-0.05, 0) is 38.5 Å². The van der Waals surface area contributed by atoms with Crippen LogP contribution in [0.5, 0.6) is 0 Å². The molecule has 0 N–H and O–H groups in total. The topological polar surface area (TPSA) is 64.8 Å². The normalized spacial score (nSPS) is 23.6. The third-order valence-corrected chi connectivity index (χ3v) is 3.82. The standard InChI is InChI=1S/C19H33N3O3/c1-7-11-15(20-25-12-8-2)18-16(21-23-9-3)13-19(5,6)14-17(18)22-24-10-4/h8,18H,2,7,9-14H2,1,3-6H3/b20-15-,21-16-,22-17+. The summed E-state index contributed by atoms with van der Waals surface area (Å²) in [6.45, 7) is 15.5. The molecule has 1 fully saturated rings. The van der Waals surface area contributed by atoms with Gasteiger partial charge in [0.1, 0.15) is 19.8 Å². The monoisotopic (exact) mass is 351 g/mol. The molecule has 1 rings (SSSR count). The minimum Gasteiger partial charge on any atom is -0.396 e. The van der Waals surface area contributed by atoms with Gasteiger partial charge in [0.15, 0.2) is 0 Å². The van der Waals surface area contributed by atoms with Crippen LogP contribution in [-0.2, 0) is 14.5 Å². The lowest BCUT2D eigenvalue weighted by atomic mass is 9.69. The molecule has 0 bridgehead atoms. The third-order valence-electron chi connectivity index (χ3n) is 3.82. The summed E-state index contributed by atoms with van der Waals surface area (Å²) >= 11 is 0.